The lowest BCUT2D eigenvalue weighted by Crippen LogP contribution is -2.37. The molecule has 2 fully saturated rings. The van der Waals surface area contributed by atoms with Crippen LogP contribution in [0.25, 0.3) is 0 Å². The van der Waals surface area contributed by atoms with E-state index in [9.17, 15) is 0 Å². The molecule has 22 heavy (non-hydrogen) atoms. The van der Waals surface area contributed by atoms with E-state index < -0.39 is 0 Å². The fourth-order valence-electron chi connectivity index (χ4n) is 2.70. The first-order chi connectivity index (χ1) is 10.8. The van der Waals surface area contributed by atoms with Crippen LogP contribution in [0.3, 0.4) is 0 Å². The summed E-state index contributed by atoms with van der Waals surface area (Å²) in [6.07, 6.45) is 4.15. The highest BCUT2D eigenvalue weighted by Crippen LogP contribution is 2.28. The predicted molar refractivity (Wildman–Crippen MR) is 87.3 cm³/mol. The number of rotatable bonds is 6. The number of nitrogens with two attached hydrogens (primary N) is 1. The monoisotopic (exact) mass is 324 g/mol. The van der Waals surface area contributed by atoms with Crippen molar-refractivity contribution >= 4 is 12.1 Å². The van der Waals surface area contributed by atoms with E-state index in [0.717, 1.165) is 38.4 Å². The molecule has 0 saturated carbocycles. The Hall–Kier alpha value is -0.860. The van der Waals surface area contributed by atoms with Crippen LogP contribution >= 0.6 is 12.1 Å². The second kappa shape index (κ2) is 8.12. The van der Waals surface area contributed by atoms with Gasteiger partial charge in [0.1, 0.15) is 6.61 Å². The van der Waals surface area contributed by atoms with Gasteiger partial charge in [0.15, 0.2) is 0 Å². The van der Waals surface area contributed by atoms with Gasteiger partial charge in [0.05, 0.1) is 19.3 Å². The maximum Gasteiger partial charge on any atom is 0.213 e. The van der Waals surface area contributed by atoms with Crippen LogP contribution < -0.4 is 10.5 Å². The Morgan fingerprint density at radius 3 is 3.05 bits per heavy atom. The second-order valence-corrected chi connectivity index (χ2v) is 6.73. The van der Waals surface area contributed by atoms with Crippen molar-refractivity contribution in [3.8, 4) is 5.88 Å². The average molecular weight is 324 g/mol. The summed E-state index contributed by atoms with van der Waals surface area (Å²) in [5, 5.41) is 0. The number of ether oxygens (including phenoxy) is 2. The third kappa shape index (κ3) is 4.33. The summed E-state index contributed by atoms with van der Waals surface area (Å²) < 4.78 is 16.1. The fourth-order valence-corrected chi connectivity index (χ4v) is 3.82. The van der Waals surface area contributed by atoms with Crippen molar-refractivity contribution in [2.45, 2.75) is 25.4 Å². The number of hydrogen-bond acceptors (Lipinski definition) is 7. The topological polar surface area (TPSA) is 63.9 Å². The molecule has 0 amide bonds. The zero-order valence-electron chi connectivity index (χ0n) is 12.8. The summed E-state index contributed by atoms with van der Waals surface area (Å²) in [6, 6.07) is 4.29. The summed E-state index contributed by atoms with van der Waals surface area (Å²) >= 11 is 1.85. The van der Waals surface area contributed by atoms with E-state index in [1.165, 1.54) is 12.8 Å². The minimum Gasteiger partial charge on any atom is -0.476 e. The van der Waals surface area contributed by atoms with E-state index in [2.05, 4.69) is 13.6 Å². The van der Waals surface area contributed by atoms with Crippen molar-refractivity contribution in [2.75, 3.05) is 39.5 Å². The molecule has 0 aromatic carbocycles. The van der Waals surface area contributed by atoms with Crippen molar-refractivity contribution < 1.29 is 9.47 Å². The molecular weight excluding hydrogens is 300 g/mol. The number of morpholine rings is 1. The van der Waals surface area contributed by atoms with Gasteiger partial charge in [0.25, 0.3) is 0 Å². The average Bonchev–Trinajstić information content (AvgIpc) is 3.01. The van der Waals surface area contributed by atoms with Gasteiger partial charge < -0.3 is 15.2 Å². The standard InChI is InChI=1S/C15H24N4O2S/c16-11-13-3-4-17-15(10-13)21-12-14-2-1-5-19(14)22-18-6-8-20-9-7-18/h3-4,10,14H,1-2,5-9,11-12,16H2. The number of aromatic nitrogens is 1. The van der Waals surface area contributed by atoms with Gasteiger partial charge in [-0.1, -0.05) is 0 Å². The molecule has 1 aromatic rings. The maximum atomic E-state index is 5.89. The first-order valence-corrected chi connectivity index (χ1v) is 8.63. The summed E-state index contributed by atoms with van der Waals surface area (Å²) in [4.78, 5) is 4.26. The molecule has 1 unspecified atom stereocenters. The normalized spacial score (nSPS) is 23.8. The van der Waals surface area contributed by atoms with Crippen LogP contribution in [-0.4, -0.2) is 59.1 Å². The zero-order chi connectivity index (χ0) is 15.2. The second-order valence-electron chi connectivity index (χ2n) is 5.58. The molecule has 2 aliphatic rings. The maximum absolute atomic E-state index is 5.89. The largest absolute Gasteiger partial charge is 0.476 e. The van der Waals surface area contributed by atoms with Crippen LogP contribution in [-0.2, 0) is 11.3 Å². The van der Waals surface area contributed by atoms with Gasteiger partial charge in [-0.05, 0) is 24.5 Å². The third-order valence-electron chi connectivity index (χ3n) is 3.97. The molecule has 0 spiro atoms. The zero-order valence-corrected chi connectivity index (χ0v) is 13.6. The van der Waals surface area contributed by atoms with Crippen molar-refractivity contribution in [1.82, 2.24) is 13.6 Å². The smallest absolute Gasteiger partial charge is 0.213 e. The summed E-state index contributed by atoms with van der Waals surface area (Å²) in [5.74, 6) is 0.672. The highest BCUT2D eigenvalue weighted by molar-refractivity contribution is 7.94. The molecule has 1 atom stereocenters. The van der Waals surface area contributed by atoms with E-state index in [0.29, 0.717) is 25.1 Å². The van der Waals surface area contributed by atoms with Crippen LogP contribution in [0.4, 0.5) is 0 Å². The van der Waals surface area contributed by atoms with Crippen molar-refractivity contribution in [3.63, 3.8) is 0 Å². The van der Waals surface area contributed by atoms with Crippen LogP contribution in [0.2, 0.25) is 0 Å². The summed E-state index contributed by atoms with van der Waals surface area (Å²) in [6.45, 7) is 5.96. The Balaban J connectivity index is 1.50. The summed E-state index contributed by atoms with van der Waals surface area (Å²) in [5.41, 5.74) is 6.70. The van der Waals surface area contributed by atoms with E-state index in [4.69, 9.17) is 15.2 Å². The van der Waals surface area contributed by atoms with Gasteiger partial charge in [-0.2, -0.15) is 0 Å². The molecule has 2 aliphatic heterocycles. The van der Waals surface area contributed by atoms with Crippen molar-refractivity contribution in [3.05, 3.63) is 23.9 Å². The van der Waals surface area contributed by atoms with Gasteiger partial charge in [-0.3, -0.25) is 0 Å². The third-order valence-corrected chi connectivity index (χ3v) is 5.26. The van der Waals surface area contributed by atoms with E-state index >= 15 is 0 Å². The fraction of sp³-hybridized carbons (Fsp3) is 0.667. The molecule has 7 heteroatoms. The Morgan fingerprint density at radius 1 is 1.36 bits per heavy atom. The van der Waals surface area contributed by atoms with Crippen LogP contribution in [0.1, 0.15) is 18.4 Å². The Labute approximate surface area is 136 Å². The Bertz CT molecular complexity index is 471. The minimum absolute atomic E-state index is 0.441. The Kier molecular flexibility index (Phi) is 5.91. The molecule has 0 bridgehead atoms. The lowest BCUT2D eigenvalue weighted by atomic mass is 10.2. The highest BCUT2D eigenvalue weighted by Gasteiger charge is 2.28. The van der Waals surface area contributed by atoms with Gasteiger partial charge >= 0.3 is 0 Å². The molecule has 0 radical (unpaired) electrons. The van der Waals surface area contributed by atoms with E-state index in [-0.39, 0.29) is 0 Å². The van der Waals surface area contributed by atoms with Crippen molar-refractivity contribution in [2.24, 2.45) is 5.73 Å². The molecular formula is C15H24N4O2S. The number of nitrogens with zero attached hydrogens (tertiary/aromatic N) is 3. The van der Waals surface area contributed by atoms with Gasteiger partial charge in [0.2, 0.25) is 5.88 Å². The molecule has 2 saturated heterocycles. The quantitative estimate of drug-likeness (QED) is 0.791. The van der Waals surface area contributed by atoms with E-state index in [1.807, 2.05) is 24.3 Å². The molecule has 3 rings (SSSR count). The SMILES string of the molecule is NCc1ccnc(OCC2CCCN2SN2CCOCC2)c1. The molecule has 3 heterocycles. The van der Waals surface area contributed by atoms with Crippen LogP contribution in [0, 0.1) is 0 Å². The first-order valence-electron chi connectivity index (χ1n) is 7.90. The van der Waals surface area contributed by atoms with Gasteiger partial charge in [0, 0.05) is 50.6 Å². The molecule has 2 N–H and O–H groups in total. The summed E-state index contributed by atoms with van der Waals surface area (Å²) in [7, 11) is 0. The molecule has 0 aliphatic carbocycles. The lowest BCUT2D eigenvalue weighted by molar-refractivity contribution is 0.0753. The lowest BCUT2D eigenvalue weighted by Gasteiger charge is -2.31. The van der Waals surface area contributed by atoms with Crippen LogP contribution in [0.5, 0.6) is 5.88 Å². The number of pyridine rings is 1. The Morgan fingerprint density at radius 2 is 2.23 bits per heavy atom. The van der Waals surface area contributed by atoms with E-state index in [1.54, 1.807) is 6.20 Å². The molecule has 6 nitrogen and oxygen atoms in total. The molecule has 1 aromatic heterocycles. The van der Waals surface area contributed by atoms with Crippen molar-refractivity contribution in [1.29, 1.82) is 0 Å². The first kappa shape index (κ1) is 16.0. The van der Waals surface area contributed by atoms with Crippen LogP contribution in [0.15, 0.2) is 18.3 Å². The minimum atomic E-state index is 0.441. The van der Waals surface area contributed by atoms with Gasteiger partial charge in [-0.15, -0.1) is 0 Å². The number of hydrogen-bond donors (Lipinski definition) is 1. The van der Waals surface area contributed by atoms with Gasteiger partial charge in [-0.25, -0.2) is 13.6 Å². The highest BCUT2D eigenvalue weighted by atomic mass is 32.2. The predicted octanol–water partition coefficient (Wildman–Crippen LogP) is 1.28. The molecule has 122 valence electrons.